The first-order valence-corrected chi connectivity index (χ1v) is 13.2. The Labute approximate surface area is 210 Å². The number of nitrogens with zero attached hydrogens (tertiary/aromatic N) is 3. The number of fused-ring (bicyclic) bond motifs is 1. The minimum absolute atomic E-state index is 0.0944. The average molecular weight is 517 g/mol. The van der Waals surface area contributed by atoms with E-state index >= 15 is 0 Å². The topological polar surface area (TPSA) is 108 Å². The van der Waals surface area contributed by atoms with Crippen LogP contribution in [0.4, 0.5) is 23.1 Å². The second kappa shape index (κ2) is 11.3. The van der Waals surface area contributed by atoms with E-state index in [4.69, 9.17) is 16.3 Å². The number of nitrogens with one attached hydrogen (secondary N) is 3. The highest BCUT2D eigenvalue weighted by molar-refractivity contribution is 7.89. The van der Waals surface area contributed by atoms with Crippen LogP contribution in [0.15, 0.2) is 53.6 Å². The number of methoxy groups -OCH3 is 1. The van der Waals surface area contributed by atoms with Gasteiger partial charge in [0.15, 0.2) is 5.82 Å². The van der Waals surface area contributed by atoms with Crippen molar-refractivity contribution < 1.29 is 13.2 Å². The van der Waals surface area contributed by atoms with Gasteiger partial charge in [0.25, 0.3) is 0 Å². The Bertz CT molecular complexity index is 1290. The molecule has 0 spiro atoms. The summed E-state index contributed by atoms with van der Waals surface area (Å²) in [6.45, 7) is 3.67. The van der Waals surface area contributed by atoms with Gasteiger partial charge in [-0.3, -0.25) is 0 Å². The monoisotopic (exact) mass is 516 g/mol. The largest absolute Gasteiger partial charge is 0.383 e. The van der Waals surface area contributed by atoms with Gasteiger partial charge in [-0.1, -0.05) is 29.8 Å². The second-order valence-corrected chi connectivity index (χ2v) is 10.4. The molecule has 0 unspecified atom stereocenters. The molecule has 2 heterocycles. The summed E-state index contributed by atoms with van der Waals surface area (Å²) in [7, 11) is -0.573. The molecule has 0 fully saturated rings. The van der Waals surface area contributed by atoms with E-state index in [1.165, 1.54) is 30.4 Å². The first-order valence-electron chi connectivity index (χ1n) is 11.3. The fraction of sp³-hybridized carbons (Fsp3) is 0.333. The van der Waals surface area contributed by atoms with E-state index in [0.717, 1.165) is 44.8 Å². The molecule has 11 heteroatoms. The highest BCUT2D eigenvalue weighted by Gasteiger charge is 2.18. The SMILES string of the molecule is CNS(=O)(=O)c1ccccc1Nc1nc(Nc2ccc3c(c2)CCN(CCOC)CC3)ncc1Cl. The summed E-state index contributed by atoms with van der Waals surface area (Å²) in [5, 5.41) is 6.54. The van der Waals surface area contributed by atoms with E-state index < -0.39 is 10.0 Å². The number of aromatic nitrogens is 2. The minimum Gasteiger partial charge on any atom is -0.383 e. The van der Waals surface area contributed by atoms with Crippen LogP contribution in [0.2, 0.25) is 5.02 Å². The molecule has 0 saturated heterocycles. The third kappa shape index (κ3) is 6.28. The second-order valence-electron chi connectivity index (χ2n) is 8.16. The lowest BCUT2D eigenvalue weighted by Crippen LogP contribution is -2.29. The predicted molar refractivity (Wildman–Crippen MR) is 138 cm³/mol. The van der Waals surface area contributed by atoms with E-state index in [9.17, 15) is 8.42 Å². The molecule has 0 radical (unpaired) electrons. The van der Waals surface area contributed by atoms with Crippen LogP contribution in [-0.4, -0.2) is 63.7 Å². The molecule has 3 N–H and O–H groups in total. The third-order valence-electron chi connectivity index (χ3n) is 5.91. The van der Waals surface area contributed by atoms with E-state index in [-0.39, 0.29) is 9.92 Å². The molecule has 0 aliphatic carbocycles. The van der Waals surface area contributed by atoms with Crippen molar-refractivity contribution in [3.63, 3.8) is 0 Å². The Morgan fingerprint density at radius 1 is 1.09 bits per heavy atom. The van der Waals surface area contributed by atoms with Crippen molar-refractivity contribution in [3.8, 4) is 0 Å². The highest BCUT2D eigenvalue weighted by atomic mass is 35.5. The fourth-order valence-electron chi connectivity index (χ4n) is 3.98. The van der Waals surface area contributed by atoms with E-state index in [0.29, 0.717) is 17.5 Å². The zero-order chi connectivity index (χ0) is 24.8. The smallest absolute Gasteiger partial charge is 0.242 e. The van der Waals surface area contributed by atoms with E-state index in [1.807, 2.05) is 6.07 Å². The number of halogens is 1. The Hall–Kier alpha value is -2.76. The van der Waals surface area contributed by atoms with Crippen LogP contribution in [0.5, 0.6) is 0 Å². The maximum absolute atomic E-state index is 12.4. The molecule has 9 nitrogen and oxygen atoms in total. The van der Waals surface area contributed by atoms with Crippen molar-refractivity contribution in [3.05, 3.63) is 64.8 Å². The standard InChI is InChI=1S/C24H29ClN6O3S/c1-26-35(32,33)22-6-4-3-5-21(22)29-23-20(25)16-27-24(30-23)28-19-8-7-17-9-11-31(13-14-34-2)12-10-18(17)15-19/h3-8,15-16,26H,9-14H2,1-2H3,(H2,27,28,29,30). The first kappa shape index (κ1) is 25.3. The quantitative estimate of drug-likeness (QED) is 0.396. The lowest BCUT2D eigenvalue weighted by molar-refractivity contribution is 0.150. The fourth-order valence-corrected chi connectivity index (χ4v) is 5.00. The van der Waals surface area contributed by atoms with Crippen LogP contribution in [0.3, 0.4) is 0 Å². The van der Waals surface area contributed by atoms with Gasteiger partial charge in [-0.05, 0) is 55.3 Å². The zero-order valence-corrected chi connectivity index (χ0v) is 21.3. The third-order valence-corrected chi connectivity index (χ3v) is 7.66. The van der Waals surface area contributed by atoms with Crippen molar-refractivity contribution in [1.29, 1.82) is 0 Å². The van der Waals surface area contributed by atoms with Crippen molar-refractivity contribution in [2.75, 3.05) is 51.0 Å². The molecule has 1 aliphatic rings. The molecule has 0 bridgehead atoms. The van der Waals surface area contributed by atoms with Gasteiger partial charge >= 0.3 is 0 Å². The minimum atomic E-state index is -3.67. The number of hydrogen-bond acceptors (Lipinski definition) is 8. The first-order chi connectivity index (χ1) is 16.9. The van der Waals surface area contributed by atoms with E-state index in [1.54, 1.807) is 25.3 Å². The van der Waals surface area contributed by atoms with Gasteiger partial charge in [0, 0.05) is 32.4 Å². The van der Waals surface area contributed by atoms with Crippen molar-refractivity contribution in [1.82, 2.24) is 19.6 Å². The molecular formula is C24H29ClN6O3S. The number of ether oxygens (including phenoxy) is 1. The molecule has 4 rings (SSSR count). The van der Waals surface area contributed by atoms with Crippen LogP contribution >= 0.6 is 11.6 Å². The number of para-hydroxylation sites is 1. The highest BCUT2D eigenvalue weighted by Crippen LogP contribution is 2.29. The predicted octanol–water partition coefficient (Wildman–Crippen LogP) is 3.57. The molecule has 35 heavy (non-hydrogen) atoms. The van der Waals surface area contributed by atoms with Crippen LogP contribution in [0.1, 0.15) is 11.1 Å². The maximum Gasteiger partial charge on any atom is 0.242 e. The summed E-state index contributed by atoms with van der Waals surface area (Å²) in [6, 6.07) is 12.8. The molecule has 186 valence electrons. The van der Waals surface area contributed by atoms with Crippen LogP contribution in [-0.2, 0) is 27.6 Å². The normalized spacial score (nSPS) is 14.3. The molecule has 2 aromatic carbocycles. The summed E-state index contributed by atoms with van der Waals surface area (Å²) in [5.74, 6) is 0.646. The summed E-state index contributed by atoms with van der Waals surface area (Å²) in [6.07, 6.45) is 3.44. The van der Waals surface area contributed by atoms with Gasteiger partial charge in [-0.2, -0.15) is 4.98 Å². The zero-order valence-electron chi connectivity index (χ0n) is 19.7. The van der Waals surface area contributed by atoms with E-state index in [2.05, 4.69) is 42.4 Å². The molecule has 1 aromatic heterocycles. The van der Waals surface area contributed by atoms with Gasteiger partial charge < -0.3 is 20.3 Å². The average Bonchev–Trinajstić information content (AvgIpc) is 3.07. The molecule has 0 saturated carbocycles. The lowest BCUT2D eigenvalue weighted by atomic mass is 10.0. The van der Waals surface area contributed by atoms with Crippen molar-refractivity contribution >= 4 is 44.8 Å². The number of sulfonamides is 1. The number of hydrogen-bond donors (Lipinski definition) is 3. The van der Waals surface area contributed by atoms with Gasteiger partial charge in [0.2, 0.25) is 16.0 Å². The summed E-state index contributed by atoms with van der Waals surface area (Å²) in [5.41, 5.74) is 3.88. The molecule has 3 aromatic rings. The van der Waals surface area contributed by atoms with Crippen molar-refractivity contribution in [2.45, 2.75) is 17.7 Å². The molecular weight excluding hydrogens is 488 g/mol. The van der Waals surface area contributed by atoms with Gasteiger partial charge in [-0.25, -0.2) is 18.1 Å². The van der Waals surface area contributed by atoms with Gasteiger partial charge in [-0.15, -0.1) is 0 Å². The summed E-state index contributed by atoms with van der Waals surface area (Å²) >= 11 is 6.32. The summed E-state index contributed by atoms with van der Waals surface area (Å²) < 4.78 is 32.3. The maximum atomic E-state index is 12.4. The molecule has 1 aliphatic heterocycles. The van der Waals surface area contributed by atoms with Gasteiger partial charge in [0.05, 0.1) is 18.5 Å². The Kier molecular flexibility index (Phi) is 8.19. The Morgan fingerprint density at radius 3 is 2.63 bits per heavy atom. The Morgan fingerprint density at radius 2 is 1.86 bits per heavy atom. The lowest BCUT2D eigenvalue weighted by Gasteiger charge is -2.18. The number of rotatable bonds is 9. The van der Waals surface area contributed by atoms with Crippen LogP contribution < -0.4 is 15.4 Å². The molecule has 0 atom stereocenters. The van der Waals surface area contributed by atoms with Gasteiger partial charge in [0.1, 0.15) is 9.92 Å². The Balaban J connectivity index is 1.52. The molecule has 0 amide bonds. The number of anilines is 4. The van der Waals surface area contributed by atoms with Crippen LogP contribution in [0, 0.1) is 0 Å². The van der Waals surface area contributed by atoms with Crippen molar-refractivity contribution in [2.24, 2.45) is 0 Å². The summed E-state index contributed by atoms with van der Waals surface area (Å²) in [4.78, 5) is 11.3. The van der Waals surface area contributed by atoms with Crippen LogP contribution in [0.25, 0.3) is 0 Å². The number of benzene rings is 2.